The van der Waals surface area contributed by atoms with Crippen LogP contribution in [-0.2, 0) is 0 Å². The van der Waals surface area contributed by atoms with E-state index in [0.717, 1.165) is 0 Å². The zero-order valence-corrected chi connectivity index (χ0v) is 7.93. The Bertz CT molecular complexity index is 334. The molecule has 1 N–H and O–H groups in total. The fraction of sp³-hybridized carbons (Fsp3) is 0.333. The number of halogens is 1. The molecule has 3 nitrogen and oxygen atoms in total. The van der Waals surface area contributed by atoms with Crippen LogP contribution in [0.3, 0.4) is 0 Å². The minimum absolute atomic E-state index is 0.237. The second kappa shape index (κ2) is 3.98. The molecule has 0 heterocycles. The lowest BCUT2D eigenvalue weighted by atomic mass is 10.2. The van der Waals surface area contributed by atoms with E-state index in [1.54, 1.807) is 27.1 Å². The van der Waals surface area contributed by atoms with Gasteiger partial charge in [0.1, 0.15) is 11.5 Å². The van der Waals surface area contributed by atoms with Gasteiger partial charge in [-0.05, 0) is 24.6 Å². The summed E-state index contributed by atoms with van der Waals surface area (Å²) in [6, 6.07) is 3.08. The minimum atomic E-state index is -0.237. The lowest BCUT2D eigenvalue weighted by molar-refractivity contribution is 0.619. The summed E-state index contributed by atoms with van der Waals surface area (Å²) < 4.78 is 13.1. The highest BCUT2D eigenvalue weighted by molar-refractivity contribution is 5.66. The third kappa shape index (κ3) is 2.02. The number of nitrogens with zero attached hydrogens (tertiary/aromatic N) is 2. The highest BCUT2D eigenvalue weighted by Gasteiger charge is 2.04. The van der Waals surface area contributed by atoms with Gasteiger partial charge in [-0.3, -0.25) is 0 Å². The fourth-order valence-corrected chi connectivity index (χ4v) is 1.06. The molecule has 13 heavy (non-hydrogen) atoms. The third-order valence-electron chi connectivity index (χ3n) is 1.75. The number of aryl methyl sites for hydroxylation is 1. The first-order valence-electron chi connectivity index (χ1n) is 3.96. The molecular weight excluding hydrogens is 169 g/mol. The summed E-state index contributed by atoms with van der Waals surface area (Å²) in [7, 11) is 3.30. The SMILES string of the molecule is C/N=N\c1cc(C)c(F)cc1NC. The molecule has 0 saturated heterocycles. The molecule has 0 aliphatic carbocycles. The molecule has 0 unspecified atom stereocenters. The van der Waals surface area contributed by atoms with Crippen molar-refractivity contribution in [3.63, 3.8) is 0 Å². The topological polar surface area (TPSA) is 36.8 Å². The Balaban J connectivity index is 3.24. The number of rotatable bonds is 2. The van der Waals surface area contributed by atoms with E-state index in [1.807, 2.05) is 0 Å². The fourth-order valence-electron chi connectivity index (χ4n) is 1.06. The van der Waals surface area contributed by atoms with Crippen LogP contribution in [0.25, 0.3) is 0 Å². The van der Waals surface area contributed by atoms with Crippen LogP contribution in [0.5, 0.6) is 0 Å². The molecule has 0 aliphatic rings. The summed E-state index contributed by atoms with van der Waals surface area (Å²) in [6.45, 7) is 1.70. The van der Waals surface area contributed by atoms with Crippen LogP contribution in [0.1, 0.15) is 5.56 Å². The molecule has 1 aromatic rings. The summed E-state index contributed by atoms with van der Waals surface area (Å²) in [5.74, 6) is -0.237. The Morgan fingerprint density at radius 2 is 2.08 bits per heavy atom. The molecular formula is C9H12FN3. The van der Waals surface area contributed by atoms with E-state index >= 15 is 0 Å². The largest absolute Gasteiger partial charge is 0.386 e. The van der Waals surface area contributed by atoms with Crippen LogP contribution >= 0.6 is 0 Å². The lowest BCUT2D eigenvalue weighted by Crippen LogP contribution is -1.91. The Kier molecular flexibility index (Phi) is 2.95. The van der Waals surface area contributed by atoms with E-state index in [1.165, 1.54) is 6.07 Å². The zero-order valence-electron chi connectivity index (χ0n) is 7.93. The zero-order chi connectivity index (χ0) is 9.84. The van der Waals surface area contributed by atoms with Gasteiger partial charge in [0.05, 0.1) is 5.69 Å². The monoisotopic (exact) mass is 181 g/mol. The van der Waals surface area contributed by atoms with E-state index < -0.39 is 0 Å². The smallest absolute Gasteiger partial charge is 0.128 e. The van der Waals surface area contributed by atoms with Crippen LogP contribution in [0.2, 0.25) is 0 Å². The molecule has 1 aromatic carbocycles. The van der Waals surface area contributed by atoms with Gasteiger partial charge in [-0.2, -0.15) is 10.2 Å². The highest BCUT2D eigenvalue weighted by atomic mass is 19.1. The van der Waals surface area contributed by atoms with Gasteiger partial charge in [0, 0.05) is 14.1 Å². The second-order valence-electron chi connectivity index (χ2n) is 2.67. The number of nitrogens with one attached hydrogen (secondary N) is 1. The van der Waals surface area contributed by atoms with E-state index in [9.17, 15) is 4.39 Å². The number of hydrogen-bond donors (Lipinski definition) is 1. The van der Waals surface area contributed by atoms with Crippen molar-refractivity contribution >= 4 is 11.4 Å². The van der Waals surface area contributed by atoms with Crippen molar-refractivity contribution in [1.82, 2.24) is 0 Å². The molecule has 1 rings (SSSR count). The summed E-state index contributed by atoms with van der Waals surface area (Å²) in [5.41, 5.74) is 1.87. The van der Waals surface area contributed by atoms with Crippen LogP contribution < -0.4 is 5.32 Å². The Labute approximate surface area is 76.7 Å². The summed E-state index contributed by atoms with van der Waals surface area (Å²) in [4.78, 5) is 0. The van der Waals surface area contributed by atoms with Crippen molar-refractivity contribution in [3.8, 4) is 0 Å². The maximum Gasteiger partial charge on any atom is 0.128 e. The van der Waals surface area contributed by atoms with Crippen LogP contribution in [0.4, 0.5) is 15.8 Å². The van der Waals surface area contributed by atoms with Crippen molar-refractivity contribution in [3.05, 3.63) is 23.5 Å². The van der Waals surface area contributed by atoms with Crippen molar-refractivity contribution in [2.45, 2.75) is 6.92 Å². The van der Waals surface area contributed by atoms with Gasteiger partial charge in [0.25, 0.3) is 0 Å². The van der Waals surface area contributed by atoms with Crippen LogP contribution in [-0.4, -0.2) is 14.1 Å². The van der Waals surface area contributed by atoms with Crippen LogP contribution in [0.15, 0.2) is 22.4 Å². The Morgan fingerprint density at radius 3 is 2.62 bits per heavy atom. The standard InChI is InChI=1S/C9H12FN3/c1-6-4-9(13-12-3)8(11-2)5-7(6)10/h4-5,11H,1-3H3/b13-12-. The first-order valence-corrected chi connectivity index (χ1v) is 3.96. The molecule has 0 amide bonds. The van der Waals surface area contributed by atoms with Gasteiger partial charge in [-0.25, -0.2) is 4.39 Å². The van der Waals surface area contributed by atoms with E-state index in [2.05, 4.69) is 15.5 Å². The van der Waals surface area contributed by atoms with Gasteiger partial charge in [0.15, 0.2) is 0 Å². The summed E-state index contributed by atoms with van der Waals surface area (Å²) in [6.07, 6.45) is 0. The maximum atomic E-state index is 13.1. The predicted molar refractivity (Wildman–Crippen MR) is 51.1 cm³/mol. The number of azo groups is 1. The normalized spacial score (nSPS) is 10.8. The molecule has 0 bridgehead atoms. The maximum absolute atomic E-state index is 13.1. The number of hydrogen-bond acceptors (Lipinski definition) is 3. The molecule has 0 atom stereocenters. The second-order valence-corrected chi connectivity index (χ2v) is 2.67. The highest BCUT2D eigenvalue weighted by Crippen LogP contribution is 2.27. The minimum Gasteiger partial charge on any atom is -0.386 e. The average molecular weight is 181 g/mol. The van der Waals surface area contributed by atoms with E-state index in [-0.39, 0.29) is 5.82 Å². The van der Waals surface area contributed by atoms with Crippen molar-refractivity contribution in [2.75, 3.05) is 19.4 Å². The van der Waals surface area contributed by atoms with Gasteiger partial charge >= 0.3 is 0 Å². The molecule has 0 aromatic heterocycles. The number of anilines is 1. The average Bonchev–Trinajstić information content (AvgIpc) is 2.11. The molecule has 70 valence electrons. The van der Waals surface area contributed by atoms with Gasteiger partial charge in [-0.1, -0.05) is 0 Å². The summed E-state index contributed by atoms with van der Waals surface area (Å²) in [5, 5.41) is 10.4. The Morgan fingerprint density at radius 1 is 1.38 bits per heavy atom. The van der Waals surface area contributed by atoms with Gasteiger partial charge < -0.3 is 5.32 Å². The molecule has 4 heteroatoms. The molecule has 0 radical (unpaired) electrons. The van der Waals surface area contributed by atoms with Crippen molar-refractivity contribution in [2.24, 2.45) is 10.2 Å². The molecule has 0 saturated carbocycles. The third-order valence-corrected chi connectivity index (χ3v) is 1.75. The van der Waals surface area contributed by atoms with Gasteiger partial charge in [0.2, 0.25) is 0 Å². The van der Waals surface area contributed by atoms with Crippen molar-refractivity contribution in [1.29, 1.82) is 0 Å². The van der Waals surface area contributed by atoms with Crippen molar-refractivity contribution < 1.29 is 4.39 Å². The summed E-state index contributed by atoms with van der Waals surface area (Å²) >= 11 is 0. The lowest BCUT2D eigenvalue weighted by Gasteiger charge is -2.05. The quantitative estimate of drug-likeness (QED) is 0.700. The van der Waals surface area contributed by atoms with E-state index in [4.69, 9.17) is 0 Å². The van der Waals surface area contributed by atoms with E-state index in [0.29, 0.717) is 16.9 Å². The molecule has 0 aliphatic heterocycles. The first kappa shape index (κ1) is 9.64. The van der Waals surface area contributed by atoms with Crippen LogP contribution in [0, 0.1) is 12.7 Å². The molecule has 0 spiro atoms. The Hall–Kier alpha value is -1.45. The molecule has 0 fully saturated rings. The first-order chi connectivity index (χ1) is 6.19. The predicted octanol–water partition coefficient (Wildman–Crippen LogP) is 2.89. The number of benzene rings is 1. The van der Waals surface area contributed by atoms with Gasteiger partial charge in [-0.15, -0.1) is 0 Å².